The molecule has 1 unspecified atom stereocenters. The molecule has 2 amide bonds. The maximum Gasteiger partial charge on any atom is 0.343 e. The Morgan fingerprint density at radius 2 is 1.95 bits per heavy atom. The molecule has 2 N–H and O–H groups in total. The van der Waals surface area contributed by atoms with Crippen LogP contribution in [0.4, 0.5) is 10.5 Å². The topological polar surface area (TPSA) is 76.7 Å². The number of carbonyl (C=O) groups is 2. The minimum Gasteiger partial charge on any atom is -0.464 e. The quantitative estimate of drug-likeness (QED) is 0.643. The Morgan fingerprint density at radius 1 is 1.32 bits per heavy atom. The van der Waals surface area contributed by atoms with Crippen LogP contribution >= 0.6 is 11.6 Å². The highest BCUT2D eigenvalue weighted by Crippen LogP contribution is 2.13. The average molecular weight is 287 g/mol. The molecule has 0 heterocycles. The van der Waals surface area contributed by atoms with E-state index < -0.39 is 18.1 Å². The minimum absolute atomic E-state index is 0.253. The first-order chi connectivity index (χ1) is 9.02. The van der Waals surface area contributed by atoms with Crippen LogP contribution in [0.1, 0.15) is 13.8 Å². The van der Waals surface area contributed by atoms with E-state index in [4.69, 9.17) is 21.2 Å². The van der Waals surface area contributed by atoms with E-state index in [1.165, 1.54) is 6.92 Å². The third-order valence-corrected chi connectivity index (χ3v) is 2.30. The number of halogens is 1. The lowest BCUT2D eigenvalue weighted by Crippen LogP contribution is -2.36. The molecule has 1 rings (SSSR count). The number of anilines is 1. The van der Waals surface area contributed by atoms with Gasteiger partial charge in [0.05, 0.1) is 6.61 Å². The van der Waals surface area contributed by atoms with E-state index in [2.05, 4.69) is 10.8 Å². The van der Waals surface area contributed by atoms with Crippen molar-refractivity contribution in [3.8, 4) is 0 Å². The molecule has 0 bridgehead atoms. The smallest absolute Gasteiger partial charge is 0.343 e. The zero-order chi connectivity index (χ0) is 14.3. The Balaban J connectivity index is 2.35. The van der Waals surface area contributed by atoms with Gasteiger partial charge in [0.2, 0.25) is 0 Å². The average Bonchev–Trinajstić information content (AvgIpc) is 2.39. The number of nitrogens with one attached hydrogen (secondary N) is 2. The summed E-state index contributed by atoms with van der Waals surface area (Å²) in [6.45, 7) is 3.41. The van der Waals surface area contributed by atoms with Crippen LogP contribution in [0, 0.1) is 0 Å². The van der Waals surface area contributed by atoms with Crippen LogP contribution in [0.5, 0.6) is 0 Å². The number of hydrogen-bond acceptors (Lipinski definition) is 4. The van der Waals surface area contributed by atoms with E-state index in [0.717, 1.165) is 0 Å². The predicted octanol–water partition coefficient (Wildman–Crippen LogP) is 2.34. The summed E-state index contributed by atoms with van der Waals surface area (Å²) in [4.78, 5) is 27.5. The summed E-state index contributed by atoms with van der Waals surface area (Å²) in [5, 5.41) is 3.08. The van der Waals surface area contributed by atoms with Crippen LogP contribution in [-0.2, 0) is 14.4 Å². The summed E-state index contributed by atoms with van der Waals surface area (Å²) in [7, 11) is 0. The minimum atomic E-state index is -0.879. The van der Waals surface area contributed by atoms with E-state index in [-0.39, 0.29) is 6.61 Å². The Bertz CT molecular complexity index is 436. The van der Waals surface area contributed by atoms with Crippen molar-refractivity contribution in [2.75, 3.05) is 11.9 Å². The van der Waals surface area contributed by atoms with Crippen molar-refractivity contribution in [2.45, 2.75) is 20.0 Å². The lowest BCUT2D eigenvalue weighted by molar-refractivity contribution is -0.158. The second-order valence-electron chi connectivity index (χ2n) is 3.58. The van der Waals surface area contributed by atoms with Gasteiger partial charge >= 0.3 is 12.0 Å². The number of benzene rings is 1. The molecule has 0 saturated heterocycles. The van der Waals surface area contributed by atoms with Crippen LogP contribution in [0.15, 0.2) is 24.3 Å². The van der Waals surface area contributed by atoms with Crippen molar-refractivity contribution in [1.82, 2.24) is 5.48 Å². The zero-order valence-electron chi connectivity index (χ0n) is 10.6. The van der Waals surface area contributed by atoms with Gasteiger partial charge in [-0.25, -0.2) is 15.1 Å². The van der Waals surface area contributed by atoms with Gasteiger partial charge < -0.3 is 10.1 Å². The molecule has 0 aliphatic heterocycles. The number of ether oxygens (including phenoxy) is 1. The molecule has 0 aliphatic rings. The first kappa shape index (κ1) is 15.3. The van der Waals surface area contributed by atoms with Crippen LogP contribution in [0.3, 0.4) is 0 Å². The standard InChI is InChI=1S/C12H15ClN2O4/c1-3-18-11(16)8(2)19-15-12(17)14-10-6-4-9(13)5-7-10/h4-8H,3H2,1-2H3,(H2,14,15,17). The molecule has 1 aromatic carbocycles. The fraction of sp³-hybridized carbons (Fsp3) is 0.333. The van der Waals surface area contributed by atoms with Gasteiger partial charge in [-0.15, -0.1) is 0 Å². The van der Waals surface area contributed by atoms with Crippen molar-refractivity contribution in [3.05, 3.63) is 29.3 Å². The van der Waals surface area contributed by atoms with Crippen molar-refractivity contribution in [3.63, 3.8) is 0 Å². The van der Waals surface area contributed by atoms with Gasteiger partial charge in [0.15, 0.2) is 6.10 Å². The van der Waals surface area contributed by atoms with E-state index >= 15 is 0 Å². The van der Waals surface area contributed by atoms with Gasteiger partial charge in [0.25, 0.3) is 0 Å². The molecular formula is C12H15ClN2O4. The highest BCUT2D eigenvalue weighted by atomic mass is 35.5. The summed E-state index contributed by atoms with van der Waals surface area (Å²) in [5.41, 5.74) is 2.65. The number of hydrogen-bond donors (Lipinski definition) is 2. The van der Waals surface area contributed by atoms with Crippen molar-refractivity contribution >= 4 is 29.3 Å². The van der Waals surface area contributed by atoms with Crippen LogP contribution in [0.25, 0.3) is 0 Å². The summed E-state index contributed by atoms with van der Waals surface area (Å²) >= 11 is 5.71. The molecule has 0 radical (unpaired) electrons. The Hall–Kier alpha value is -1.79. The highest BCUT2D eigenvalue weighted by Gasteiger charge is 2.16. The second-order valence-corrected chi connectivity index (χ2v) is 4.01. The number of esters is 1. The maximum atomic E-state index is 11.4. The Morgan fingerprint density at radius 3 is 2.53 bits per heavy atom. The first-order valence-corrected chi connectivity index (χ1v) is 6.05. The number of carbonyl (C=O) groups excluding carboxylic acids is 2. The molecule has 6 nitrogen and oxygen atoms in total. The zero-order valence-corrected chi connectivity index (χ0v) is 11.4. The first-order valence-electron chi connectivity index (χ1n) is 5.67. The molecular weight excluding hydrogens is 272 g/mol. The van der Waals surface area contributed by atoms with Crippen molar-refractivity contribution in [1.29, 1.82) is 0 Å². The summed E-state index contributed by atoms with van der Waals surface area (Å²) < 4.78 is 4.72. The number of hydroxylamine groups is 1. The van der Waals surface area contributed by atoms with Crippen LogP contribution < -0.4 is 10.8 Å². The largest absolute Gasteiger partial charge is 0.464 e. The van der Waals surface area contributed by atoms with E-state index in [0.29, 0.717) is 10.7 Å². The third-order valence-electron chi connectivity index (χ3n) is 2.05. The van der Waals surface area contributed by atoms with E-state index in [9.17, 15) is 9.59 Å². The number of rotatable bonds is 5. The van der Waals surface area contributed by atoms with Gasteiger partial charge in [0.1, 0.15) is 0 Å². The highest BCUT2D eigenvalue weighted by molar-refractivity contribution is 6.30. The van der Waals surface area contributed by atoms with Gasteiger partial charge in [0, 0.05) is 10.7 Å². The summed E-state index contributed by atoms with van der Waals surface area (Å²) in [5.74, 6) is -0.547. The predicted molar refractivity (Wildman–Crippen MR) is 70.8 cm³/mol. The molecule has 0 aliphatic carbocycles. The molecule has 7 heteroatoms. The van der Waals surface area contributed by atoms with Gasteiger partial charge in [-0.2, -0.15) is 0 Å². The fourth-order valence-electron chi connectivity index (χ4n) is 1.14. The van der Waals surface area contributed by atoms with Gasteiger partial charge in [-0.3, -0.25) is 4.84 Å². The normalized spacial score (nSPS) is 11.5. The molecule has 0 aromatic heterocycles. The molecule has 0 fully saturated rings. The van der Waals surface area contributed by atoms with Crippen LogP contribution in [-0.4, -0.2) is 24.7 Å². The molecule has 104 valence electrons. The second kappa shape index (κ2) is 7.60. The Labute approximate surface area is 116 Å². The SMILES string of the molecule is CCOC(=O)C(C)ONC(=O)Nc1ccc(Cl)cc1. The van der Waals surface area contributed by atoms with Crippen molar-refractivity contribution in [2.24, 2.45) is 0 Å². The molecule has 0 saturated carbocycles. The Kier molecular flexibility index (Phi) is 6.11. The molecule has 0 spiro atoms. The lowest BCUT2D eigenvalue weighted by Gasteiger charge is -2.12. The van der Waals surface area contributed by atoms with Crippen molar-refractivity contribution < 1.29 is 19.2 Å². The lowest BCUT2D eigenvalue weighted by atomic mass is 10.3. The third kappa shape index (κ3) is 5.58. The van der Waals surface area contributed by atoms with E-state index in [1.807, 2.05) is 0 Å². The molecule has 19 heavy (non-hydrogen) atoms. The monoisotopic (exact) mass is 286 g/mol. The van der Waals surface area contributed by atoms with Gasteiger partial charge in [-0.1, -0.05) is 11.6 Å². The molecule has 1 atom stereocenters. The number of urea groups is 1. The van der Waals surface area contributed by atoms with Gasteiger partial charge in [-0.05, 0) is 38.1 Å². The van der Waals surface area contributed by atoms with Crippen LogP contribution in [0.2, 0.25) is 5.02 Å². The summed E-state index contributed by atoms with van der Waals surface area (Å²) in [6, 6.07) is 5.95. The maximum absolute atomic E-state index is 11.4. The number of amides is 2. The van der Waals surface area contributed by atoms with E-state index in [1.54, 1.807) is 31.2 Å². The molecule has 1 aromatic rings. The summed E-state index contributed by atoms with van der Waals surface area (Å²) in [6.07, 6.45) is -0.879. The fourth-order valence-corrected chi connectivity index (χ4v) is 1.27.